The van der Waals surface area contributed by atoms with Crippen molar-refractivity contribution in [3.8, 4) is 0 Å². The summed E-state index contributed by atoms with van der Waals surface area (Å²) in [5.74, 6) is 0.229. The summed E-state index contributed by atoms with van der Waals surface area (Å²) in [5.41, 5.74) is 0. The van der Waals surface area contributed by atoms with E-state index >= 15 is 0 Å². The Hall–Kier alpha value is -1.07. The first kappa shape index (κ1) is 10.4. The standard InChI is InChI=1S/C10H7BrN2OS/c11-9-3-2-7(15-9)6-8(14)10-12-4-1-5-13-10/h1-5H,6H2. The molecule has 0 N–H and O–H groups in total. The van der Waals surface area contributed by atoms with Crippen molar-refractivity contribution in [1.82, 2.24) is 9.97 Å². The number of Topliss-reactive ketones (excluding diaryl/α,β-unsaturated/α-hetero) is 1. The minimum absolute atomic E-state index is 0.0510. The number of hydrogen-bond donors (Lipinski definition) is 0. The molecular weight excluding hydrogens is 276 g/mol. The lowest BCUT2D eigenvalue weighted by atomic mass is 10.2. The Bertz CT molecular complexity index is 469. The molecule has 5 heteroatoms. The fraction of sp³-hybridized carbons (Fsp3) is 0.100. The summed E-state index contributed by atoms with van der Waals surface area (Å²) < 4.78 is 1.03. The number of carbonyl (C=O) groups is 1. The maximum absolute atomic E-state index is 11.7. The summed E-state index contributed by atoms with van der Waals surface area (Å²) in [6, 6.07) is 5.55. The monoisotopic (exact) mass is 282 g/mol. The van der Waals surface area contributed by atoms with Crippen LogP contribution in [0.25, 0.3) is 0 Å². The van der Waals surface area contributed by atoms with Gasteiger partial charge in [0.15, 0.2) is 5.82 Å². The molecule has 0 bridgehead atoms. The van der Waals surface area contributed by atoms with Crippen molar-refractivity contribution in [2.45, 2.75) is 6.42 Å². The highest BCUT2D eigenvalue weighted by molar-refractivity contribution is 9.11. The lowest BCUT2D eigenvalue weighted by Crippen LogP contribution is -2.06. The van der Waals surface area contributed by atoms with E-state index in [4.69, 9.17) is 0 Å². The number of nitrogens with zero attached hydrogens (tertiary/aromatic N) is 2. The van der Waals surface area contributed by atoms with E-state index < -0.39 is 0 Å². The van der Waals surface area contributed by atoms with Crippen LogP contribution in [0.4, 0.5) is 0 Å². The van der Waals surface area contributed by atoms with Crippen LogP contribution in [-0.2, 0) is 6.42 Å². The summed E-state index contributed by atoms with van der Waals surface area (Å²) >= 11 is 4.91. The van der Waals surface area contributed by atoms with Gasteiger partial charge in [0.2, 0.25) is 5.78 Å². The molecule has 0 atom stereocenters. The van der Waals surface area contributed by atoms with Gasteiger partial charge in [0.1, 0.15) is 0 Å². The molecule has 0 aliphatic heterocycles. The van der Waals surface area contributed by atoms with Crippen LogP contribution in [0.15, 0.2) is 34.4 Å². The topological polar surface area (TPSA) is 42.9 Å². The van der Waals surface area contributed by atoms with Crippen LogP contribution >= 0.6 is 27.3 Å². The molecule has 0 amide bonds. The van der Waals surface area contributed by atoms with E-state index in [0.29, 0.717) is 6.42 Å². The van der Waals surface area contributed by atoms with E-state index in [1.165, 1.54) is 0 Å². The predicted molar refractivity (Wildman–Crippen MR) is 62.1 cm³/mol. The van der Waals surface area contributed by atoms with Crippen LogP contribution in [0.3, 0.4) is 0 Å². The molecule has 3 nitrogen and oxygen atoms in total. The third-order valence-electron chi connectivity index (χ3n) is 1.78. The van der Waals surface area contributed by atoms with Crippen molar-refractivity contribution in [2.24, 2.45) is 0 Å². The molecular formula is C10H7BrN2OS. The molecule has 0 saturated heterocycles. The van der Waals surface area contributed by atoms with Crippen LogP contribution in [-0.4, -0.2) is 15.8 Å². The zero-order valence-electron chi connectivity index (χ0n) is 7.68. The SMILES string of the molecule is O=C(Cc1ccc(Br)s1)c1ncccn1. The number of aromatic nitrogens is 2. The van der Waals surface area contributed by atoms with Crippen molar-refractivity contribution >= 4 is 33.0 Å². The quantitative estimate of drug-likeness (QED) is 0.813. The molecule has 15 heavy (non-hydrogen) atoms. The van der Waals surface area contributed by atoms with Crippen LogP contribution in [0, 0.1) is 0 Å². The summed E-state index contributed by atoms with van der Waals surface area (Å²) in [4.78, 5) is 20.5. The molecule has 2 rings (SSSR count). The van der Waals surface area contributed by atoms with Crippen molar-refractivity contribution in [3.63, 3.8) is 0 Å². The second-order valence-electron chi connectivity index (χ2n) is 2.88. The summed E-state index contributed by atoms with van der Waals surface area (Å²) in [7, 11) is 0. The van der Waals surface area contributed by atoms with E-state index in [1.54, 1.807) is 29.8 Å². The van der Waals surface area contributed by atoms with Crippen LogP contribution in [0.1, 0.15) is 15.5 Å². The minimum atomic E-state index is -0.0510. The number of rotatable bonds is 3. The van der Waals surface area contributed by atoms with Crippen LogP contribution in [0.2, 0.25) is 0 Å². The lowest BCUT2D eigenvalue weighted by Gasteiger charge is -1.95. The highest BCUT2D eigenvalue weighted by Crippen LogP contribution is 2.22. The second kappa shape index (κ2) is 4.63. The first-order valence-corrected chi connectivity index (χ1v) is 5.91. The van der Waals surface area contributed by atoms with Crippen molar-refractivity contribution < 1.29 is 4.79 Å². The number of thiophene rings is 1. The Labute approximate surface area is 99.3 Å². The molecule has 2 heterocycles. The average molecular weight is 283 g/mol. The van der Waals surface area contributed by atoms with E-state index in [0.717, 1.165) is 8.66 Å². The van der Waals surface area contributed by atoms with Gasteiger partial charge in [0.25, 0.3) is 0 Å². The van der Waals surface area contributed by atoms with Gasteiger partial charge in [-0.2, -0.15) is 0 Å². The predicted octanol–water partition coefficient (Wildman–Crippen LogP) is 2.73. The first-order valence-electron chi connectivity index (χ1n) is 4.30. The Morgan fingerprint density at radius 2 is 2.07 bits per heavy atom. The molecule has 0 aliphatic carbocycles. The van der Waals surface area contributed by atoms with Gasteiger partial charge in [-0.1, -0.05) is 0 Å². The lowest BCUT2D eigenvalue weighted by molar-refractivity contribution is 0.0984. The molecule has 0 fully saturated rings. The Morgan fingerprint density at radius 1 is 1.33 bits per heavy atom. The maximum Gasteiger partial charge on any atom is 0.205 e. The van der Waals surface area contributed by atoms with Gasteiger partial charge in [-0.3, -0.25) is 4.79 Å². The van der Waals surface area contributed by atoms with Crippen molar-refractivity contribution in [3.05, 3.63) is 45.1 Å². The Balaban J connectivity index is 2.11. The number of halogens is 1. The van der Waals surface area contributed by atoms with Gasteiger partial charge < -0.3 is 0 Å². The molecule has 2 aromatic rings. The summed E-state index contributed by atoms with van der Waals surface area (Å²) in [6.45, 7) is 0. The van der Waals surface area contributed by atoms with Crippen molar-refractivity contribution in [2.75, 3.05) is 0 Å². The number of ketones is 1. The van der Waals surface area contributed by atoms with E-state index in [1.807, 2.05) is 12.1 Å². The van der Waals surface area contributed by atoms with Crippen LogP contribution in [0.5, 0.6) is 0 Å². The maximum atomic E-state index is 11.7. The molecule has 2 aromatic heterocycles. The normalized spacial score (nSPS) is 10.2. The molecule has 0 aliphatic rings. The molecule has 0 spiro atoms. The van der Waals surface area contributed by atoms with Gasteiger partial charge in [-0.05, 0) is 34.1 Å². The molecule has 76 valence electrons. The van der Waals surface area contributed by atoms with Gasteiger partial charge in [0.05, 0.1) is 3.79 Å². The van der Waals surface area contributed by atoms with Gasteiger partial charge in [-0.25, -0.2) is 9.97 Å². The fourth-order valence-electron chi connectivity index (χ4n) is 1.13. The molecule has 0 radical (unpaired) electrons. The minimum Gasteiger partial charge on any atom is -0.290 e. The smallest absolute Gasteiger partial charge is 0.205 e. The van der Waals surface area contributed by atoms with Gasteiger partial charge in [0, 0.05) is 23.7 Å². The molecule has 0 saturated carbocycles. The van der Waals surface area contributed by atoms with Crippen LogP contribution < -0.4 is 0 Å². The Kier molecular flexibility index (Phi) is 3.23. The van der Waals surface area contributed by atoms with E-state index in [-0.39, 0.29) is 11.6 Å². The van der Waals surface area contributed by atoms with Gasteiger partial charge >= 0.3 is 0 Å². The highest BCUT2D eigenvalue weighted by Gasteiger charge is 2.10. The highest BCUT2D eigenvalue weighted by atomic mass is 79.9. The molecule has 0 aromatic carbocycles. The Morgan fingerprint density at radius 3 is 2.67 bits per heavy atom. The summed E-state index contributed by atoms with van der Waals surface area (Å²) in [5, 5.41) is 0. The van der Waals surface area contributed by atoms with Crippen molar-refractivity contribution in [1.29, 1.82) is 0 Å². The van der Waals surface area contributed by atoms with Gasteiger partial charge in [-0.15, -0.1) is 11.3 Å². The largest absolute Gasteiger partial charge is 0.290 e. The third kappa shape index (κ3) is 2.70. The van der Waals surface area contributed by atoms with E-state index in [2.05, 4.69) is 25.9 Å². The average Bonchev–Trinajstić information content (AvgIpc) is 2.65. The second-order valence-corrected chi connectivity index (χ2v) is 5.43. The number of carbonyl (C=O) groups excluding carboxylic acids is 1. The zero-order valence-corrected chi connectivity index (χ0v) is 10.1. The third-order valence-corrected chi connectivity index (χ3v) is 3.40. The summed E-state index contributed by atoms with van der Waals surface area (Å²) in [6.07, 6.45) is 3.51. The zero-order chi connectivity index (χ0) is 10.7. The fourth-order valence-corrected chi connectivity index (χ4v) is 2.61. The first-order chi connectivity index (χ1) is 7.25. The number of hydrogen-bond acceptors (Lipinski definition) is 4. The molecule has 0 unspecified atom stereocenters. The van der Waals surface area contributed by atoms with E-state index in [9.17, 15) is 4.79 Å².